The van der Waals surface area contributed by atoms with Gasteiger partial charge in [0.25, 0.3) is 5.91 Å². The Hall–Kier alpha value is -1.30. The summed E-state index contributed by atoms with van der Waals surface area (Å²) in [5.74, 6) is -0.530. The van der Waals surface area contributed by atoms with Crippen LogP contribution in [0.5, 0.6) is 0 Å². The lowest BCUT2D eigenvalue weighted by Gasteiger charge is -2.39. The van der Waals surface area contributed by atoms with Gasteiger partial charge in [0.15, 0.2) is 5.60 Å². The van der Waals surface area contributed by atoms with Crippen LogP contribution in [0.4, 0.5) is 0 Å². The van der Waals surface area contributed by atoms with Gasteiger partial charge in [-0.25, -0.2) is 0 Å². The van der Waals surface area contributed by atoms with Crippen LogP contribution in [0.3, 0.4) is 0 Å². The Bertz CT molecular complexity index is 623. The molecule has 1 aromatic rings. The van der Waals surface area contributed by atoms with Crippen LogP contribution in [0.15, 0.2) is 18.2 Å². The molecule has 0 radical (unpaired) electrons. The number of halogens is 2. The monoisotopic (exact) mass is 358 g/mol. The quantitative estimate of drug-likeness (QED) is 0.901. The Labute approximate surface area is 145 Å². The van der Waals surface area contributed by atoms with Crippen molar-refractivity contribution in [3.63, 3.8) is 0 Å². The molecule has 1 N–H and O–H groups in total. The van der Waals surface area contributed by atoms with Gasteiger partial charge in [-0.1, -0.05) is 29.3 Å². The fourth-order valence-electron chi connectivity index (χ4n) is 2.82. The molecule has 126 valence electrons. The van der Waals surface area contributed by atoms with Gasteiger partial charge in [0.05, 0.1) is 16.6 Å². The first-order chi connectivity index (χ1) is 10.7. The molecule has 0 bridgehead atoms. The van der Waals surface area contributed by atoms with Crippen LogP contribution in [-0.4, -0.2) is 52.5 Å². The number of carbonyl (C=O) groups excluding carboxylic acids is 2. The van der Waals surface area contributed by atoms with Crippen molar-refractivity contribution < 1.29 is 14.7 Å². The number of amides is 2. The van der Waals surface area contributed by atoms with Gasteiger partial charge < -0.3 is 14.9 Å². The van der Waals surface area contributed by atoms with Crippen LogP contribution in [0.1, 0.15) is 25.3 Å². The largest absolute Gasteiger partial charge is 0.378 e. The van der Waals surface area contributed by atoms with Gasteiger partial charge in [-0.05, 0) is 30.5 Å². The van der Waals surface area contributed by atoms with E-state index < -0.39 is 11.5 Å². The Morgan fingerprint density at radius 3 is 2.65 bits per heavy atom. The van der Waals surface area contributed by atoms with E-state index in [1.807, 2.05) is 0 Å². The van der Waals surface area contributed by atoms with E-state index in [0.717, 1.165) is 5.56 Å². The molecule has 1 fully saturated rings. The van der Waals surface area contributed by atoms with E-state index in [1.54, 1.807) is 25.2 Å². The Morgan fingerprint density at radius 1 is 1.35 bits per heavy atom. The summed E-state index contributed by atoms with van der Waals surface area (Å²) in [6.45, 7) is 2.35. The average molecular weight is 359 g/mol. The highest BCUT2D eigenvalue weighted by Crippen LogP contribution is 2.26. The molecule has 1 aliphatic rings. The van der Waals surface area contributed by atoms with Gasteiger partial charge in [0, 0.05) is 27.1 Å². The molecule has 0 saturated carbocycles. The molecule has 0 spiro atoms. The second kappa shape index (κ2) is 7.07. The number of benzene rings is 1. The topological polar surface area (TPSA) is 60.9 Å². The third-order valence-electron chi connectivity index (χ3n) is 4.06. The molecule has 2 amide bonds. The number of hydrogen-bond donors (Lipinski definition) is 1. The lowest BCUT2D eigenvalue weighted by molar-refractivity contribution is -0.159. The summed E-state index contributed by atoms with van der Waals surface area (Å²) in [6, 6.07) is 5.15. The summed E-state index contributed by atoms with van der Waals surface area (Å²) in [6.07, 6.45) is 0.948. The van der Waals surface area contributed by atoms with Crippen LogP contribution in [0, 0.1) is 0 Å². The van der Waals surface area contributed by atoms with Gasteiger partial charge in [0.1, 0.15) is 0 Å². The molecule has 0 aliphatic carbocycles. The first-order valence-electron chi connectivity index (χ1n) is 7.40. The van der Waals surface area contributed by atoms with Crippen molar-refractivity contribution in [2.75, 3.05) is 20.1 Å². The third-order valence-corrected chi connectivity index (χ3v) is 4.80. The Kier molecular flexibility index (Phi) is 5.55. The molecule has 23 heavy (non-hydrogen) atoms. The van der Waals surface area contributed by atoms with Crippen molar-refractivity contribution in [1.82, 2.24) is 9.80 Å². The number of carbonyl (C=O) groups is 2. The Morgan fingerprint density at radius 2 is 2.04 bits per heavy atom. The lowest BCUT2D eigenvalue weighted by Crippen LogP contribution is -2.58. The van der Waals surface area contributed by atoms with Crippen molar-refractivity contribution in [1.29, 1.82) is 0 Å². The first kappa shape index (κ1) is 18.0. The zero-order valence-corrected chi connectivity index (χ0v) is 14.7. The van der Waals surface area contributed by atoms with Crippen LogP contribution >= 0.6 is 23.2 Å². The smallest absolute Gasteiger partial charge is 0.256 e. The van der Waals surface area contributed by atoms with Crippen molar-refractivity contribution in [2.45, 2.75) is 31.9 Å². The van der Waals surface area contributed by atoms with Gasteiger partial charge in [-0.15, -0.1) is 0 Å². The minimum absolute atomic E-state index is 0.0346. The second-order valence-corrected chi connectivity index (χ2v) is 6.80. The number of likely N-dealkylation sites (tertiary alicyclic amines) is 1. The highest BCUT2D eigenvalue weighted by atomic mass is 35.5. The molecule has 7 heteroatoms. The van der Waals surface area contributed by atoms with Gasteiger partial charge in [0.2, 0.25) is 5.91 Å². The molecule has 1 aromatic carbocycles. The summed E-state index contributed by atoms with van der Waals surface area (Å²) in [4.78, 5) is 27.1. The SMILES string of the molecule is CC(=O)N1CCCC(O)(C(=O)N(C)Cc2ccc(Cl)c(Cl)c2)C1. The van der Waals surface area contributed by atoms with Crippen LogP contribution < -0.4 is 0 Å². The molecule has 0 aromatic heterocycles. The van der Waals surface area contributed by atoms with E-state index in [4.69, 9.17) is 23.2 Å². The maximum atomic E-state index is 12.6. The molecule has 5 nitrogen and oxygen atoms in total. The first-order valence-corrected chi connectivity index (χ1v) is 8.16. The van der Waals surface area contributed by atoms with Crippen molar-refractivity contribution in [3.8, 4) is 0 Å². The summed E-state index contributed by atoms with van der Waals surface area (Å²) < 4.78 is 0. The summed E-state index contributed by atoms with van der Waals surface area (Å²) in [5, 5.41) is 11.5. The number of hydrogen-bond acceptors (Lipinski definition) is 3. The van der Waals surface area contributed by atoms with E-state index in [1.165, 1.54) is 16.7 Å². The third kappa shape index (κ3) is 4.16. The zero-order valence-electron chi connectivity index (χ0n) is 13.2. The van der Waals surface area contributed by atoms with Crippen molar-refractivity contribution in [3.05, 3.63) is 33.8 Å². The summed E-state index contributed by atoms with van der Waals surface area (Å²) in [7, 11) is 1.62. The van der Waals surface area contributed by atoms with E-state index >= 15 is 0 Å². The Balaban J connectivity index is 2.08. The standard InChI is InChI=1S/C16H20Cl2N2O3/c1-11(21)20-7-3-6-16(23,10-20)15(22)19(2)9-12-4-5-13(17)14(18)8-12/h4-5,8,23H,3,6-7,9-10H2,1-2H3. The van der Waals surface area contributed by atoms with Crippen molar-refractivity contribution in [2.24, 2.45) is 0 Å². The molecule has 1 unspecified atom stereocenters. The second-order valence-electron chi connectivity index (χ2n) is 5.99. The number of rotatable bonds is 3. The predicted octanol–water partition coefficient (Wildman–Crippen LogP) is 2.33. The maximum Gasteiger partial charge on any atom is 0.256 e. The number of β-amino-alcohol motifs (C(OH)–C–C–N with tert-alkyl or cyclic N) is 1. The number of piperidine rings is 1. The molecule has 1 saturated heterocycles. The lowest BCUT2D eigenvalue weighted by atomic mass is 9.91. The molecule has 1 atom stereocenters. The molecule has 1 heterocycles. The van der Waals surface area contributed by atoms with Gasteiger partial charge in [-0.2, -0.15) is 0 Å². The van der Waals surface area contributed by atoms with Crippen LogP contribution in [-0.2, 0) is 16.1 Å². The van der Waals surface area contributed by atoms with E-state index in [2.05, 4.69) is 0 Å². The number of likely N-dealkylation sites (N-methyl/N-ethyl adjacent to an activating group) is 1. The molecular formula is C16H20Cl2N2O3. The molecule has 2 rings (SSSR count). The summed E-state index contributed by atoms with van der Waals surface area (Å²) >= 11 is 11.9. The highest BCUT2D eigenvalue weighted by Gasteiger charge is 2.42. The van der Waals surface area contributed by atoms with Crippen LogP contribution in [0.25, 0.3) is 0 Å². The van der Waals surface area contributed by atoms with E-state index in [9.17, 15) is 14.7 Å². The minimum atomic E-state index is -1.53. The van der Waals surface area contributed by atoms with E-state index in [0.29, 0.717) is 36.0 Å². The zero-order chi connectivity index (χ0) is 17.2. The minimum Gasteiger partial charge on any atom is -0.378 e. The van der Waals surface area contributed by atoms with Gasteiger partial charge >= 0.3 is 0 Å². The highest BCUT2D eigenvalue weighted by molar-refractivity contribution is 6.42. The fourth-order valence-corrected chi connectivity index (χ4v) is 3.14. The van der Waals surface area contributed by atoms with Crippen molar-refractivity contribution >= 4 is 35.0 Å². The van der Waals surface area contributed by atoms with Crippen LogP contribution in [0.2, 0.25) is 10.0 Å². The number of nitrogens with zero attached hydrogens (tertiary/aromatic N) is 2. The normalized spacial score (nSPS) is 21.2. The predicted molar refractivity (Wildman–Crippen MR) is 89.4 cm³/mol. The summed E-state index contributed by atoms with van der Waals surface area (Å²) in [5.41, 5.74) is -0.715. The maximum absolute atomic E-state index is 12.6. The van der Waals surface area contributed by atoms with E-state index in [-0.39, 0.29) is 12.5 Å². The van der Waals surface area contributed by atoms with Gasteiger partial charge in [-0.3, -0.25) is 9.59 Å². The number of aliphatic hydroxyl groups is 1. The fraction of sp³-hybridized carbons (Fsp3) is 0.500. The molecule has 1 aliphatic heterocycles. The average Bonchev–Trinajstić information content (AvgIpc) is 2.50. The molecular weight excluding hydrogens is 339 g/mol.